The summed E-state index contributed by atoms with van der Waals surface area (Å²) >= 11 is 0. The van der Waals surface area contributed by atoms with Crippen molar-refractivity contribution in [2.75, 3.05) is 25.9 Å². The Bertz CT molecular complexity index is 435. The van der Waals surface area contributed by atoms with Crippen LogP contribution in [0.2, 0.25) is 0 Å². The number of hydrogen-bond donors (Lipinski definition) is 1. The molecule has 1 aromatic carbocycles. The topological polar surface area (TPSA) is 81.6 Å². The molecule has 0 aliphatic heterocycles. The van der Waals surface area contributed by atoms with Crippen LogP contribution in [0, 0.1) is 10.1 Å². The highest BCUT2D eigenvalue weighted by Gasteiger charge is 2.12. The van der Waals surface area contributed by atoms with Gasteiger partial charge < -0.3 is 10.5 Å². The third-order valence-electron chi connectivity index (χ3n) is 2.67. The van der Waals surface area contributed by atoms with Gasteiger partial charge in [0.1, 0.15) is 5.69 Å². The van der Waals surface area contributed by atoms with E-state index in [0.29, 0.717) is 13.2 Å². The van der Waals surface area contributed by atoms with Gasteiger partial charge in [-0.2, -0.15) is 0 Å². The molecular formula is C13H21N3O3. The summed E-state index contributed by atoms with van der Waals surface area (Å²) in [6.07, 6.45) is 0.214. The van der Waals surface area contributed by atoms with E-state index in [4.69, 9.17) is 10.5 Å². The predicted molar refractivity (Wildman–Crippen MR) is 74.9 cm³/mol. The first-order chi connectivity index (χ1) is 8.90. The molecule has 0 saturated heterocycles. The summed E-state index contributed by atoms with van der Waals surface area (Å²) in [6.45, 7) is 6.02. The van der Waals surface area contributed by atoms with Crippen molar-refractivity contribution in [3.05, 3.63) is 33.9 Å². The van der Waals surface area contributed by atoms with Crippen molar-refractivity contribution >= 4 is 11.4 Å². The summed E-state index contributed by atoms with van der Waals surface area (Å²) in [5.41, 5.74) is 6.58. The highest BCUT2D eigenvalue weighted by molar-refractivity contribution is 5.59. The van der Waals surface area contributed by atoms with Crippen LogP contribution in [-0.4, -0.2) is 36.1 Å². The van der Waals surface area contributed by atoms with Gasteiger partial charge in [0.15, 0.2) is 0 Å². The van der Waals surface area contributed by atoms with Gasteiger partial charge in [0.25, 0.3) is 5.69 Å². The largest absolute Gasteiger partial charge is 0.393 e. The molecule has 1 rings (SSSR count). The van der Waals surface area contributed by atoms with Gasteiger partial charge in [-0.3, -0.25) is 15.0 Å². The Balaban J connectivity index is 2.57. The second-order valence-corrected chi connectivity index (χ2v) is 4.81. The van der Waals surface area contributed by atoms with E-state index in [-0.39, 0.29) is 17.5 Å². The van der Waals surface area contributed by atoms with Crippen molar-refractivity contribution < 1.29 is 9.66 Å². The number of rotatable bonds is 7. The first kappa shape index (κ1) is 15.4. The van der Waals surface area contributed by atoms with Crippen molar-refractivity contribution in [3.8, 4) is 0 Å². The summed E-state index contributed by atoms with van der Waals surface area (Å²) in [5, 5.41) is 10.8. The maximum atomic E-state index is 10.8. The van der Waals surface area contributed by atoms with E-state index in [2.05, 4.69) is 4.90 Å². The lowest BCUT2D eigenvalue weighted by Gasteiger charge is -2.17. The molecule has 106 valence electrons. The van der Waals surface area contributed by atoms with E-state index in [9.17, 15) is 10.1 Å². The molecule has 1 aromatic rings. The SMILES string of the molecule is CC(C)OCCN(C)Cc1ccc(N)c([N+](=O)[O-])c1. The molecule has 6 heteroatoms. The van der Waals surface area contributed by atoms with Crippen LogP contribution in [0.15, 0.2) is 18.2 Å². The smallest absolute Gasteiger partial charge is 0.292 e. The molecule has 0 fully saturated rings. The Hall–Kier alpha value is -1.66. The Labute approximate surface area is 113 Å². The number of nitrogens with two attached hydrogens (primary N) is 1. The van der Waals surface area contributed by atoms with Gasteiger partial charge in [-0.15, -0.1) is 0 Å². The van der Waals surface area contributed by atoms with Crippen LogP contribution >= 0.6 is 0 Å². The number of nitro groups is 1. The fraction of sp³-hybridized carbons (Fsp3) is 0.538. The van der Waals surface area contributed by atoms with Crippen LogP contribution in [0.3, 0.4) is 0 Å². The molecule has 0 unspecified atom stereocenters. The molecule has 0 atom stereocenters. The molecule has 6 nitrogen and oxygen atoms in total. The zero-order valence-electron chi connectivity index (χ0n) is 11.6. The Morgan fingerprint density at radius 3 is 2.74 bits per heavy atom. The number of ether oxygens (including phenoxy) is 1. The lowest BCUT2D eigenvalue weighted by atomic mass is 10.1. The third kappa shape index (κ3) is 5.23. The van der Waals surface area contributed by atoms with Crippen molar-refractivity contribution in [2.24, 2.45) is 0 Å². The van der Waals surface area contributed by atoms with E-state index >= 15 is 0 Å². The van der Waals surface area contributed by atoms with Gasteiger partial charge in [0, 0.05) is 19.2 Å². The normalized spacial score (nSPS) is 11.2. The fourth-order valence-electron chi connectivity index (χ4n) is 1.68. The third-order valence-corrected chi connectivity index (χ3v) is 2.67. The molecule has 0 bridgehead atoms. The standard InChI is InChI=1S/C13H21N3O3/c1-10(2)19-7-6-15(3)9-11-4-5-12(14)13(8-11)16(17)18/h4-5,8,10H,6-7,9,14H2,1-3H3. The number of nitro benzene ring substituents is 1. The lowest BCUT2D eigenvalue weighted by Crippen LogP contribution is -2.24. The molecule has 0 radical (unpaired) electrons. The summed E-state index contributed by atoms with van der Waals surface area (Å²) in [5.74, 6) is 0. The molecule has 0 saturated carbocycles. The van der Waals surface area contributed by atoms with Crippen LogP contribution in [0.5, 0.6) is 0 Å². The fourth-order valence-corrected chi connectivity index (χ4v) is 1.68. The Kier molecular flexibility index (Phi) is 5.72. The summed E-state index contributed by atoms with van der Waals surface area (Å²) in [6, 6.07) is 4.91. The molecule has 0 aliphatic rings. The average Bonchev–Trinajstić information content (AvgIpc) is 2.30. The van der Waals surface area contributed by atoms with Crippen molar-refractivity contribution in [2.45, 2.75) is 26.5 Å². The van der Waals surface area contributed by atoms with E-state index < -0.39 is 4.92 Å². The van der Waals surface area contributed by atoms with Crippen LogP contribution in [0.25, 0.3) is 0 Å². The first-order valence-corrected chi connectivity index (χ1v) is 6.23. The maximum Gasteiger partial charge on any atom is 0.292 e. The highest BCUT2D eigenvalue weighted by atomic mass is 16.6. The molecule has 19 heavy (non-hydrogen) atoms. The molecule has 0 amide bonds. The Morgan fingerprint density at radius 1 is 1.47 bits per heavy atom. The van der Waals surface area contributed by atoms with Gasteiger partial charge in [-0.05, 0) is 32.5 Å². The van der Waals surface area contributed by atoms with E-state index in [1.807, 2.05) is 27.0 Å². The van der Waals surface area contributed by atoms with Gasteiger partial charge in [-0.25, -0.2) is 0 Å². The van der Waals surface area contributed by atoms with E-state index in [1.165, 1.54) is 6.07 Å². The minimum atomic E-state index is -0.458. The predicted octanol–water partition coefficient (Wildman–Crippen LogP) is 2.03. The van der Waals surface area contributed by atoms with Gasteiger partial charge in [0.2, 0.25) is 0 Å². The Morgan fingerprint density at radius 2 is 2.16 bits per heavy atom. The minimum absolute atomic E-state index is 0.0377. The van der Waals surface area contributed by atoms with Gasteiger partial charge >= 0.3 is 0 Å². The van der Waals surface area contributed by atoms with Crippen molar-refractivity contribution in [1.82, 2.24) is 4.90 Å². The van der Waals surface area contributed by atoms with Crippen LogP contribution in [0.1, 0.15) is 19.4 Å². The quantitative estimate of drug-likeness (QED) is 0.464. The van der Waals surface area contributed by atoms with Crippen molar-refractivity contribution in [1.29, 1.82) is 0 Å². The molecule has 0 spiro atoms. The van der Waals surface area contributed by atoms with Gasteiger partial charge in [-0.1, -0.05) is 6.07 Å². The lowest BCUT2D eigenvalue weighted by molar-refractivity contribution is -0.384. The maximum absolute atomic E-state index is 10.8. The number of benzene rings is 1. The summed E-state index contributed by atoms with van der Waals surface area (Å²) in [7, 11) is 1.95. The van der Waals surface area contributed by atoms with Crippen LogP contribution < -0.4 is 5.73 Å². The second-order valence-electron chi connectivity index (χ2n) is 4.81. The first-order valence-electron chi connectivity index (χ1n) is 6.23. The summed E-state index contributed by atoms with van der Waals surface area (Å²) < 4.78 is 5.46. The number of anilines is 1. The molecule has 0 aromatic heterocycles. The average molecular weight is 267 g/mol. The zero-order valence-corrected chi connectivity index (χ0v) is 11.6. The molecular weight excluding hydrogens is 246 g/mol. The zero-order chi connectivity index (χ0) is 14.4. The van der Waals surface area contributed by atoms with Gasteiger partial charge in [0.05, 0.1) is 17.6 Å². The van der Waals surface area contributed by atoms with E-state index in [1.54, 1.807) is 6.07 Å². The van der Waals surface area contributed by atoms with Crippen molar-refractivity contribution in [3.63, 3.8) is 0 Å². The molecule has 2 N–H and O–H groups in total. The number of nitrogens with zero attached hydrogens (tertiary/aromatic N) is 2. The van der Waals surface area contributed by atoms with E-state index in [0.717, 1.165) is 12.1 Å². The molecule has 0 aliphatic carbocycles. The second kappa shape index (κ2) is 7.06. The minimum Gasteiger partial charge on any atom is -0.393 e. The number of nitrogen functional groups attached to an aromatic ring is 1. The van der Waals surface area contributed by atoms with Crippen LogP contribution in [-0.2, 0) is 11.3 Å². The monoisotopic (exact) mass is 267 g/mol. The number of likely N-dealkylation sites (N-methyl/N-ethyl adjacent to an activating group) is 1. The highest BCUT2D eigenvalue weighted by Crippen LogP contribution is 2.22. The van der Waals surface area contributed by atoms with Crippen LogP contribution in [0.4, 0.5) is 11.4 Å². The molecule has 0 heterocycles. The number of hydrogen-bond acceptors (Lipinski definition) is 5. The summed E-state index contributed by atoms with van der Waals surface area (Å²) in [4.78, 5) is 12.4.